The number of halogens is 1. The van der Waals surface area contributed by atoms with Crippen molar-refractivity contribution in [1.82, 2.24) is 15.2 Å². The molecule has 2 N–H and O–H groups in total. The Labute approximate surface area is 273 Å². The van der Waals surface area contributed by atoms with Crippen molar-refractivity contribution in [2.45, 2.75) is 25.2 Å². The van der Waals surface area contributed by atoms with Crippen molar-refractivity contribution in [2.75, 3.05) is 5.32 Å². The Morgan fingerprint density at radius 2 is 1.70 bits per heavy atom. The highest BCUT2D eigenvalue weighted by Gasteiger charge is 2.35. The van der Waals surface area contributed by atoms with Gasteiger partial charge in [-0.15, -0.1) is 10.2 Å². The number of nitrogens with zero attached hydrogens (tertiary/aromatic N) is 3. The first-order chi connectivity index (χ1) is 22.7. The second-order valence-corrected chi connectivity index (χ2v) is 11.6. The Bertz CT molecular complexity index is 2280. The van der Waals surface area contributed by atoms with Crippen LogP contribution in [-0.2, 0) is 16.0 Å². The largest absolute Gasteiger partial charge is 0.476 e. The van der Waals surface area contributed by atoms with Crippen LogP contribution < -0.4 is 15.8 Å². The number of anilines is 1. The van der Waals surface area contributed by atoms with Gasteiger partial charge in [0.1, 0.15) is 6.33 Å². The number of fused-ring (bicyclic) bond motifs is 4. The fourth-order valence-electron chi connectivity index (χ4n) is 6.03. The molecule has 0 spiro atoms. The Balaban J connectivity index is 0.000000373. The van der Waals surface area contributed by atoms with Gasteiger partial charge in [-0.2, -0.15) is 0 Å². The van der Waals surface area contributed by atoms with Gasteiger partial charge in [0.15, 0.2) is 17.3 Å². The van der Waals surface area contributed by atoms with Gasteiger partial charge in [-0.25, -0.2) is 9.78 Å². The Morgan fingerprint density at radius 1 is 0.915 bits per heavy atom. The standard InChI is InChI=1S/C33H24ClNO3.C4H3N3O2/c1-19(36)35-25-7-4-6-21(16-25)28-17-23-11-14-27-26-8-3-2-5-22(26)18-30(37)32(27)31(23)29(33(28)38)15-20-9-12-24(34)13-10-20;8-4(9)3-1-5-2-6-7-3/h2-14,16-18,28-29H,15H2,1H3,(H,35,36);1-2H,(H,8,9). The summed E-state index contributed by atoms with van der Waals surface area (Å²) in [5, 5.41) is 21.8. The van der Waals surface area contributed by atoms with E-state index >= 15 is 0 Å². The number of nitrogens with one attached hydrogen (secondary N) is 1. The molecule has 0 saturated carbocycles. The molecule has 0 saturated heterocycles. The van der Waals surface area contributed by atoms with Crippen LogP contribution in [0.15, 0.2) is 97.5 Å². The number of amides is 1. The van der Waals surface area contributed by atoms with Gasteiger partial charge in [0.25, 0.3) is 0 Å². The number of rotatable bonds is 5. The summed E-state index contributed by atoms with van der Waals surface area (Å²) in [6, 6.07) is 26.8. The van der Waals surface area contributed by atoms with Crippen molar-refractivity contribution in [3.8, 4) is 0 Å². The van der Waals surface area contributed by atoms with E-state index in [2.05, 4.69) is 20.5 Å². The summed E-state index contributed by atoms with van der Waals surface area (Å²) < 4.78 is 0. The Hall–Kier alpha value is -5.80. The van der Waals surface area contributed by atoms with E-state index in [-0.39, 0.29) is 23.2 Å². The normalized spacial score (nSPS) is 15.8. The molecule has 47 heavy (non-hydrogen) atoms. The monoisotopic (exact) mass is 642 g/mol. The molecule has 1 aromatic heterocycles. The molecule has 2 aliphatic rings. The fourth-order valence-corrected chi connectivity index (χ4v) is 6.15. The maximum absolute atomic E-state index is 14.3. The van der Waals surface area contributed by atoms with Crippen molar-refractivity contribution in [3.63, 3.8) is 0 Å². The highest BCUT2D eigenvalue weighted by Crippen LogP contribution is 2.36. The van der Waals surface area contributed by atoms with Crippen LogP contribution in [0, 0.1) is 10.4 Å². The van der Waals surface area contributed by atoms with E-state index in [1.807, 2.05) is 84.9 Å². The van der Waals surface area contributed by atoms with Gasteiger partial charge in [-0.1, -0.05) is 78.3 Å². The van der Waals surface area contributed by atoms with Crippen LogP contribution in [0.5, 0.6) is 0 Å². The molecule has 1 amide bonds. The van der Waals surface area contributed by atoms with E-state index in [0.717, 1.165) is 43.8 Å². The third-order valence-corrected chi connectivity index (χ3v) is 8.28. The Morgan fingerprint density at radius 3 is 2.40 bits per heavy atom. The number of aromatic nitrogens is 3. The van der Waals surface area contributed by atoms with E-state index in [0.29, 0.717) is 22.7 Å². The molecule has 232 valence electrons. The summed E-state index contributed by atoms with van der Waals surface area (Å²) in [6.45, 7) is 1.46. The number of carboxylic acid groups (broad SMARTS) is 1. The number of benzene rings is 4. The van der Waals surface area contributed by atoms with Gasteiger partial charge in [0.05, 0.1) is 12.1 Å². The molecule has 2 unspecified atom stereocenters. The Kier molecular flexibility index (Phi) is 8.81. The third-order valence-electron chi connectivity index (χ3n) is 8.03. The smallest absolute Gasteiger partial charge is 0.358 e. The minimum absolute atomic E-state index is 0.0208. The summed E-state index contributed by atoms with van der Waals surface area (Å²) in [4.78, 5) is 52.9. The number of hydrogen-bond acceptors (Lipinski definition) is 7. The maximum atomic E-state index is 14.3. The number of carbonyl (C=O) groups is 4. The third kappa shape index (κ3) is 6.61. The van der Waals surface area contributed by atoms with E-state index in [1.54, 1.807) is 12.1 Å². The zero-order valence-corrected chi connectivity index (χ0v) is 25.8. The number of carbonyl (C=O) groups excluding carboxylic acids is 3. The van der Waals surface area contributed by atoms with Crippen LogP contribution in [-0.4, -0.2) is 43.7 Å². The molecule has 5 aromatic rings. The van der Waals surface area contributed by atoms with Gasteiger partial charge in [-0.05, 0) is 74.3 Å². The topological polar surface area (TPSA) is 139 Å². The quantitative estimate of drug-likeness (QED) is 0.284. The van der Waals surface area contributed by atoms with Crippen LogP contribution in [0.1, 0.15) is 56.3 Å². The van der Waals surface area contributed by atoms with Gasteiger partial charge in [0.2, 0.25) is 5.91 Å². The second-order valence-electron chi connectivity index (χ2n) is 11.1. The molecule has 1 heterocycles. The molecule has 7 rings (SSSR count). The molecule has 9 nitrogen and oxygen atoms in total. The highest BCUT2D eigenvalue weighted by atomic mass is 35.5. The van der Waals surface area contributed by atoms with E-state index in [9.17, 15) is 19.2 Å². The van der Waals surface area contributed by atoms with Gasteiger partial charge in [-0.3, -0.25) is 14.4 Å². The lowest BCUT2D eigenvalue weighted by Gasteiger charge is -2.29. The second kappa shape index (κ2) is 13.3. The summed E-state index contributed by atoms with van der Waals surface area (Å²) in [5.41, 5.74) is 3.66. The van der Waals surface area contributed by atoms with E-state index in [4.69, 9.17) is 16.7 Å². The molecular formula is C37H27ClN4O5. The van der Waals surface area contributed by atoms with Crippen molar-refractivity contribution >= 4 is 52.9 Å². The molecule has 0 bridgehead atoms. The fraction of sp³-hybridized carbons (Fsp3) is 0.108. The van der Waals surface area contributed by atoms with Crippen LogP contribution in [0.2, 0.25) is 5.02 Å². The number of aromatic carboxylic acids is 1. The minimum Gasteiger partial charge on any atom is -0.476 e. The first kappa shape index (κ1) is 31.2. The lowest BCUT2D eigenvalue weighted by Crippen LogP contribution is -2.35. The van der Waals surface area contributed by atoms with Crippen molar-refractivity contribution < 1.29 is 24.3 Å². The molecule has 2 aliphatic carbocycles. The molecule has 0 fully saturated rings. The first-order valence-electron chi connectivity index (χ1n) is 14.7. The molecule has 0 aliphatic heterocycles. The predicted molar refractivity (Wildman–Crippen MR) is 176 cm³/mol. The number of Topliss-reactive ketones (excluding diaryl/α,β-unsaturated/α-hetero) is 2. The van der Waals surface area contributed by atoms with Gasteiger partial charge < -0.3 is 10.4 Å². The summed E-state index contributed by atoms with van der Waals surface area (Å²) in [6.07, 6.45) is 6.38. The van der Waals surface area contributed by atoms with Crippen LogP contribution >= 0.6 is 11.6 Å². The molecule has 4 aromatic carbocycles. The zero-order valence-electron chi connectivity index (χ0n) is 25.1. The van der Waals surface area contributed by atoms with Crippen molar-refractivity contribution in [2.24, 2.45) is 0 Å². The maximum Gasteiger partial charge on any atom is 0.358 e. The van der Waals surface area contributed by atoms with Crippen LogP contribution in [0.25, 0.3) is 12.2 Å². The average Bonchev–Trinajstić information content (AvgIpc) is 3.07. The van der Waals surface area contributed by atoms with Crippen LogP contribution in [0.3, 0.4) is 0 Å². The molecular weight excluding hydrogens is 616 g/mol. The summed E-state index contributed by atoms with van der Waals surface area (Å²) in [7, 11) is 0. The lowest BCUT2D eigenvalue weighted by molar-refractivity contribution is -0.120. The first-order valence-corrected chi connectivity index (χ1v) is 15.1. The summed E-state index contributed by atoms with van der Waals surface area (Å²) >= 11 is 6.13. The van der Waals surface area contributed by atoms with Crippen molar-refractivity contribution in [1.29, 1.82) is 0 Å². The predicted octanol–water partition coefficient (Wildman–Crippen LogP) is 4.61. The zero-order chi connectivity index (χ0) is 33.1. The lowest BCUT2D eigenvalue weighted by atomic mass is 9.73. The molecule has 0 radical (unpaired) electrons. The van der Waals surface area contributed by atoms with E-state index in [1.165, 1.54) is 13.3 Å². The SMILES string of the molecule is CC(=O)Nc1cccc(C2C=c3ccc4c(c3C(Cc3ccc(Cl)cc3)C2=O)C(=O)C=c2ccccc2=4)c1.O=C(O)c1cncnn1. The minimum atomic E-state index is -1.12. The molecule has 10 heteroatoms. The van der Waals surface area contributed by atoms with Crippen molar-refractivity contribution in [3.05, 3.63) is 151 Å². The highest BCUT2D eigenvalue weighted by molar-refractivity contribution is 6.30. The van der Waals surface area contributed by atoms with Gasteiger partial charge in [0, 0.05) is 29.1 Å². The number of carboxylic acids is 1. The van der Waals surface area contributed by atoms with Crippen LogP contribution in [0.4, 0.5) is 5.69 Å². The van der Waals surface area contributed by atoms with Gasteiger partial charge >= 0.3 is 5.97 Å². The summed E-state index contributed by atoms with van der Waals surface area (Å²) in [5.74, 6) is -2.38. The number of hydrogen-bond donors (Lipinski definition) is 2. The van der Waals surface area contributed by atoms with E-state index < -0.39 is 17.8 Å². The number of ketones is 2. The average molecular weight is 643 g/mol. The molecule has 2 atom stereocenters.